The second-order valence-corrected chi connectivity index (χ2v) is 4.32. The average molecular weight is 260 g/mol. The van der Waals surface area contributed by atoms with E-state index in [1.54, 1.807) is 6.07 Å². The monoisotopic (exact) mass is 260 g/mol. The van der Waals surface area contributed by atoms with Crippen LogP contribution in [0.15, 0.2) is 30.3 Å². The highest BCUT2D eigenvalue weighted by Crippen LogP contribution is 2.21. The molecule has 100 valence electrons. The molecule has 1 atom stereocenters. The second kappa shape index (κ2) is 5.62. The van der Waals surface area contributed by atoms with Crippen molar-refractivity contribution in [2.75, 3.05) is 11.9 Å². The Labute approximate surface area is 110 Å². The van der Waals surface area contributed by atoms with Crippen molar-refractivity contribution < 1.29 is 4.92 Å². The van der Waals surface area contributed by atoms with E-state index in [-0.39, 0.29) is 11.7 Å². The molecule has 1 aromatic heterocycles. The molecule has 3 N–H and O–H groups in total. The number of non-ortho nitro benzene ring substituents is 1. The lowest BCUT2D eigenvalue weighted by Crippen LogP contribution is -2.28. The Kier molecular flexibility index (Phi) is 3.91. The van der Waals surface area contributed by atoms with Crippen molar-refractivity contribution in [3.05, 3.63) is 40.4 Å². The van der Waals surface area contributed by atoms with Crippen molar-refractivity contribution in [1.29, 1.82) is 0 Å². The summed E-state index contributed by atoms with van der Waals surface area (Å²) in [5.74, 6) is 0.735. The molecule has 0 saturated heterocycles. The molecule has 6 nitrogen and oxygen atoms in total. The van der Waals surface area contributed by atoms with Gasteiger partial charge in [0, 0.05) is 30.1 Å². The number of anilines is 1. The topological polar surface area (TPSA) is 94.1 Å². The lowest BCUT2D eigenvalue weighted by atomic mass is 10.2. The van der Waals surface area contributed by atoms with Crippen LogP contribution in [0.5, 0.6) is 0 Å². The second-order valence-electron chi connectivity index (χ2n) is 4.32. The van der Waals surface area contributed by atoms with Crippen LogP contribution in [0.3, 0.4) is 0 Å². The predicted octanol–water partition coefficient (Wildman–Crippen LogP) is 2.29. The number of nitrogens with one attached hydrogen (secondary N) is 1. The third kappa shape index (κ3) is 2.97. The zero-order valence-electron chi connectivity index (χ0n) is 10.7. The summed E-state index contributed by atoms with van der Waals surface area (Å²) in [6.07, 6.45) is 0.913. The van der Waals surface area contributed by atoms with E-state index in [0.29, 0.717) is 6.54 Å². The molecule has 0 aliphatic heterocycles. The number of fused-ring (bicyclic) bond motifs is 1. The van der Waals surface area contributed by atoms with Crippen molar-refractivity contribution in [2.24, 2.45) is 5.73 Å². The van der Waals surface area contributed by atoms with E-state index < -0.39 is 4.92 Å². The third-order valence-electron chi connectivity index (χ3n) is 3.01. The van der Waals surface area contributed by atoms with Crippen LogP contribution < -0.4 is 11.1 Å². The molecule has 0 fully saturated rings. The van der Waals surface area contributed by atoms with Crippen molar-refractivity contribution in [2.45, 2.75) is 19.4 Å². The molecule has 2 aromatic rings. The first-order valence-electron chi connectivity index (χ1n) is 6.16. The molecule has 0 aliphatic carbocycles. The number of benzene rings is 1. The minimum absolute atomic E-state index is 0.0726. The van der Waals surface area contributed by atoms with E-state index in [9.17, 15) is 10.1 Å². The van der Waals surface area contributed by atoms with Crippen LogP contribution in [0.2, 0.25) is 0 Å². The standard InChI is InChI=1S/C13H16N4O2/c1-2-10(8-14)15-13-6-3-9-7-11(17(18)19)4-5-12(9)16-13/h3-7,10H,2,8,14H2,1H3,(H,15,16). The predicted molar refractivity (Wildman–Crippen MR) is 75.2 cm³/mol. The fraction of sp³-hybridized carbons (Fsp3) is 0.308. The summed E-state index contributed by atoms with van der Waals surface area (Å²) in [6, 6.07) is 8.45. The molecule has 0 aliphatic rings. The Morgan fingerprint density at radius 2 is 2.21 bits per heavy atom. The summed E-state index contributed by atoms with van der Waals surface area (Å²) in [5.41, 5.74) is 6.43. The van der Waals surface area contributed by atoms with E-state index in [2.05, 4.69) is 17.2 Å². The van der Waals surface area contributed by atoms with Gasteiger partial charge in [-0.1, -0.05) is 6.92 Å². The van der Waals surface area contributed by atoms with Gasteiger partial charge in [-0.15, -0.1) is 0 Å². The summed E-state index contributed by atoms with van der Waals surface area (Å²) < 4.78 is 0. The maximum Gasteiger partial charge on any atom is 0.270 e. The Bertz CT molecular complexity index is 596. The van der Waals surface area contributed by atoms with Gasteiger partial charge in [0.05, 0.1) is 10.4 Å². The highest BCUT2D eigenvalue weighted by atomic mass is 16.6. The molecule has 1 aromatic carbocycles. The number of aromatic nitrogens is 1. The molecule has 0 radical (unpaired) electrons. The number of nitrogens with two attached hydrogens (primary N) is 1. The van der Waals surface area contributed by atoms with Crippen LogP contribution in [0, 0.1) is 10.1 Å². The Hall–Kier alpha value is -2.21. The first kappa shape index (κ1) is 13.2. The van der Waals surface area contributed by atoms with E-state index in [1.165, 1.54) is 12.1 Å². The zero-order valence-corrected chi connectivity index (χ0v) is 10.7. The van der Waals surface area contributed by atoms with Gasteiger partial charge in [0.15, 0.2) is 0 Å². The first-order valence-corrected chi connectivity index (χ1v) is 6.16. The highest BCUT2D eigenvalue weighted by Gasteiger charge is 2.08. The minimum Gasteiger partial charge on any atom is -0.366 e. The molecule has 0 saturated carbocycles. The highest BCUT2D eigenvalue weighted by molar-refractivity contribution is 5.82. The summed E-state index contributed by atoms with van der Waals surface area (Å²) in [5, 5.41) is 14.7. The van der Waals surface area contributed by atoms with Crippen molar-refractivity contribution in [1.82, 2.24) is 4.98 Å². The van der Waals surface area contributed by atoms with E-state index in [4.69, 9.17) is 5.73 Å². The molecule has 0 bridgehead atoms. The van der Waals surface area contributed by atoms with Crippen LogP contribution in [-0.4, -0.2) is 22.5 Å². The van der Waals surface area contributed by atoms with Gasteiger partial charge >= 0.3 is 0 Å². The van der Waals surface area contributed by atoms with Crippen LogP contribution in [-0.2, 0) is 0 Å². The molecule has 1 heterocycles. The average Bonchev–Trinajstić information content (AvgIpc) is 2.43. The Balaban J connectivity index is 2.31. The van der Waals surface area contributed by atoms with Gasteiger partial charge in [0.1, 0.15) is 5.82 Å². The summed E-state index contributed by atoms with van der Waals surface area (Å²) >= 11 is 0. The van der Waals surface area contributed by atoms with Gasteiger partial charge in [0.2, 0.25) is 0 Å². The van der Waals surface area contributed by atoms with Crippen molar-refractivity contribution >= 4 is 22.4 Å². The first-order chi connectivity index (χ1) is 9.13. The minimum atomic E-state index is -0.410. The number of hydrogen-bond acceptors (Lipinski definition) is 5. The molecule has 2 rings (SSSR count). The van der Waals surface area contributed by atoms with Crippen LogP contribution >= 0.6 is 0 Å². The fourth-order valence-electron chi connectivity index (χ4n) is 1.84. The zero-order chi connectivity index (χ0) is 13.8. The third-order valence-corrected chi connectivity index (χ3v) is 3.01. The van der Waals surface area contributed by atoms with Gasteiger partial charge in [-0.25, -0.2) is 4.98 Å². The van der Waals surface area contributed by atoms with Gasteiger partial charge in [-0.05, 0) is 24.6 Å². The number of pyridine rings is 1. The van der Waals surface area contributed by atoms with Crippen LogP contribution in [0.25, 0.3) is 10.9 Å². The molecule has 19 heavy (non-hydrogen) atoms. The smallest absolute Gasteiger partial charge is 0.270 e. The number of rotatable bonds is 5. The lowest BCUT2D eigenvalue weighted by Gasteiger charge is -2.15. The van der Waals surface area contributed by atoms with Crippen LogP contribution in [0.4, 0.5) is 11.5 Å². The number of hydrogen-bond donors (Lipinski definition) is 2. The van der Waals surface area contributed by atoms with Crippen molar-refractivity contribution in [3.8, 4) is 0 Å². The maximum absolute atomic E-state index is 10.7. The SMILES string of the molecule is CCC(CN)Nc1ccc2cc([N+](=O)[O-])ccc2n1. The molecular weight excluding hydrogens is 244 g/mol. The summed E-state index contributed by atoms with van der Waals surface area (Å²) in [4.78, 5) is 14.7. The van der Waals surface area contributed by atoms with Gasteiger partial charge < -0.3 is 11.1 Å². The summed E-state index contributed by atoms with van der Waals surface area (Å²) in [7, 11) is 0. The van der Waals surface area contributed by atoms with Gasteiger partial charge in [0.25, 0.3) is 5.69 Å². The van der Waals surface area contributed by atoms with Crippen molar-refractivity contribution in [3.63, 3.8) is 0 Å². The lowest BCUT2D eigenvalue weighted by molar-refractivity contribution is -0.384. The fourth-order valence-corrected chi connectivity index (χ4v) is 1.84. The van der Waals surface area contributed by atoms with Crippen LogP contribution in [0.1, 0.15) is 13.3 Å². The van der Waals surface area contributed by atoms with Gasteiger partial charge in [-0.2, -0.15) is 0 Å². The number of nitro groups is 1. The molecular formula is C13H16N4O2. The molecule has 1 unspecified atom stereocenters. The number of nitrogens with zero attached hydrogens (tertiary/aromatic N) is 2. The summed E-state index contributed by atoms with van der Waals surface area (Å²) in [6.45, 7) is 2.59. The normalized spacial score (nSPS) is 12.3. The van der Waals surface area contributed by atoms with E-state index in [1.807, 2.05) is 12.1 Å². The molecule has 0 spiro atoms. The molecule has 0 amide bonds. The Morgan fingerprint density at radius 3 is 2.84 bits per heavy atom. The number of nitro benzene ring substituents is 1. The largest absolute Gasteiger partial charge is 0.366 e. The van der Waals surface area contributed by atoms with Gasteiger partial charge in [-0.3, -0.25) is 10.1 Å². The van der Waals surface area contributed by atoms with E-state index in [0.717, 1.165) is 23.1 Å². The molecule has 6 heteroatoms. The van der Waals surface area contributed by atoms with E-state index >= 15 is 0 Å². The quantitative estimate of drug-likeness (QED) is 0.635. The maximum atomic E-state index is 10.7. The Morgan fingerprint density at radius 1 is 1.42 bits per heavy atom.